The van der Waals surface area contributed by atoms with Gasteiger partial charge in [0.15, 0.2) is 0 Å². The molecule has 1 aliphatic rings. The maximum Gasteiger partial charge on any atom is 0.238 e. The number of aryl methyl sites for hydroxylation is 1. The molecule has 1 fully saturated rings. The first-order valence-corrected chi connectivity index (χ1v) is 9.15. The molecule has 0 radical (unpaired) electrons. The molecule has 1 saturated heterocycles. The smallest absolute Gasteiger partial charge is 0.238 e. The summed E-state index contributed by atoms with van der Waals surface area (Å²) < 4.78 is 2.10. The molecule has 1 aliphatic heterocycles. The third kappa shape index (κ3) is 2.91. The Morgan fingerprint density at radius 1 is 1.14 bits per heavy atom. The number of halogens is 2. The van der Waals surface area contributed by atoms with Gasteiger partial charge in [-0.25, -0.2) is 0 Å². The molecule has 0 unspecified atom stereocenters. The van der Waals surface area contributed by atoms with Crippen LogP contribution in [0.2, 0.25) is 0 Å². The van der Waals surface area contributed by atoms with E-state index in [1.807, 2.05) is 42.2 Å². The van der Waals surface area contributed by atoms with Crippen LogP contribution in [0.25, 0.3) is 0 Å². The number of anilines is 1. The summed E-state index contributed by atoms with van der Waals surface area (Å²) in [6.07, 6.45) is 0. The van der Waals surface area contributed by atoms with Crippen LogP contribution in [-0.4, -0.2) is 11.7 Å². The van der Waals surface area contributed by atoms with Crippen LogP contribution in [0.4, 0.5) is 5.69 Å². The highest BCUT2D eigenvalue weighted by Gasteiger charge is 2.35. The van der Waals surface area contributed by atoms with E-state index >= 15 is 0 Å². The summed E-state index contributed by atoms with van der Waals surface area (Å²) in [5, 5.41) is 0.0219. The van der Waals surface area contributed by atoms with Crippen LogP contribution in [0.15, 0.2) is 51.4 Å². The SMILES string of the molecule is Cc1cc(N2C(=O)CS[C@H]2c2ccccc2Br)ccc1Br. The monoisotopic (exact) mass is 425 g/mol. The van der Waals surface area contributed by atoms with E-state index in [1.165, 1.54) is 0 Å². The van der Waals surface area contributed by atoms with Gasteiger partial charge in [0.25, 0.3) is 0 Å². The summed E-state index contributed by atoms with van der Waals surface area (Å²) in [4.78, 5) is 14.2. The Balaban J connectivity index is 2.04. The first-order chi connectivity index (χ1) is 10.1. The Labute approximate surface area is 145 Å². The van der Waals surface area contributed by atoms with Gasteiger partial charge < -0.3 is 0 Å². The van der Waals surface area contributed by atoms with E-state index in [9.17, 15) is 4.79 Å². The summed E-state index contributed by atoms with van der Waals surface area (Å²) in [6.45, 7) is 2.04. The zero-order valence-electron chi connectivity index (χ0n) is 11.3. The van der Waals surface area contributed by atoms with Crippen molar-refractivity contribution < 1.29 is 4.79 Å². The molecular formula is C16H13Br2NOS. The highest BCUT2D eigenvalue weighted by molar-refractivity contribution is 9.10. The van der Waals surface area contributed by atoms with E-state index in [-0.39, 0.29) is 11.3 Å². The van der Waals surface area contributed by atoms with Crippen molar-refractivity contribution in [1.29, 1.82) is 0 Å². The van der Waals surface area contributed by atoms with Crippen LogP contribution in [0.1, 0.15) is 16.5 Å². The number of rotatable bonds is 2. The Kier molecular flexibility index (Phi) is 4.43. The zero-order chi connectivity index (χ0) is 15.0. The summed E-state index contributed by atoms with van der Waals surface area (Å²) >= 11 is 8.77. The Morgan fingerprint density at radius 2 is 1.90 bits per heavy atom. The lowest BCUT2D eigenvalue weighted by Crippen LogP contribution is -2.28. The van der Waals surface area contributed by atoms with Crippen LogP contribution in [0.5, 0.6) is 0 Å². The lowest BCUT2D eigenvalue weighted by Gasteiger charge is -2.25. The van der Waals surface area contributed by atoms with Crippen molar-refractivity contribution in [2.75, 3.05) is 10.7 Å². The van der Waals surface area contributed by atoms with E-state index < -0.39 is 0 Å². The number of nitrogens with zero attached hydrogens (tertiary/aromatic N) is 1. The summed E-state index contributed by atoms with van der Waals surface area (Å²) in [7, 11) is 0. The fraction of sp³-hybridized carbons (Fsp3) is 0.188. The molecule has 5 heteroatoms. The second kappa shape index (κ2) is 6.15. The number of thioether (sulfide) groups is 1. The molecule has 108 valence electrons. The number of hydrogen-bond acceptors (Lipinski definition) is 2. The molecule has 0 bridgehead atoms. The molecule has 0 aliphatic carbocycles. The fourth-order valence-electron chi connectivity index (χ4n) is 2.39. The number of carbonyl (C=O) groups is 1. The van der Waals surface area contributed by atoms with Crippen LogP contribution >= 0.6 is 43.6 Å². The van der Waals surface area contributed by atoms with Crippen LogP contribution in [0, 0.1) is 6.92 Å². The first kappa shape index (κ1) is 15.1. The minimum Gasteiger partial charge on any atom is -0.295 e. The lowest BCUT2D eigenvalue weighted by molar-refractivity contribution is -0.115. The van der Waals surface area contributed by atoms with E-state index in [1.54, 1.807) is 11.8 Å². The molecule has 2 aromatic carbocycles. The van der Waals surface area contributed by atoms with E-state index in [4.69, 9.17) is 0 Å². The minimum atomic E-state index is 0.0219. The van der Waals surface area contributed by atoms with E-state index in [0.717, 1.165) is 25.8 Å². The Bertz CT molecular complexity index is 704. The largest absolute Gasteiger partial charge is 0.295 e. The lowest BCUT2D eigenvalue weighted by atomic mass is 10.1. The summed E-state index contributed by atoms with van der Waals surface area (Å²) in [6, 6.07) is 14.1. The highest BCUT2D eigenvalue weighted by atomic mass is 79.9. The van der Waals surface area contributed by atoms with Crippen molar-refractivity contribution >= 4 is 55.2 Å². The highest BCUT2D eigenvalue weighted by Crippen LogP contribution is 2.44. The van der Waals surface area contributed by atoms with Crippen molar-refractivity contribution in [2.24, 2.45) is 0 Å². The second-order valence-corrected chi connectivity index (χ2v) is 7.66. The van der Waals surface area contributed by atoms with Gasteiger partial charge in [0, 0.05) is 14.6 Å². The Morgan fingerprint density at radius 3 is 2.62 bits per heavy atom. The number of carbonyl (C=O) groups excluding carboxylic acids is 1. The minimum absolute atomic E-state index is 0.0219. The summed E-state index contributed by atoms with van der Waals surface area (Å²) in [5.41, 5.74) is 3.21. The molecule has 0 N–H and O–H groups in total. The third-order valence-corrected chi connectivity index (χ3v) is 6.26. The molecule has 1 heterocycles. The average molecular weight is 427 g/mol. The van der Waals surface area contributed by atoms with Gasteiger partial charge in [-0.2, -0.15) is 0 Å². The van der Waals surface area contributed by atoms with Gasteiger partial charge >= 0.3 is 0 Å². The fourth-order valence-corrected chi connectivity index (χ4v) is 4.50. The topological polar surface area (TPSA) is 20.3 Å². The van der Waals surface area contributed by atoms with Crippen molar-refractivity contribution in [3.63, 3.8) is 0 Å². The molecule has 0 aromatic heterocycles. The van der Waals surface area contributed by atoms with E-state index in [2.05, 4.69) is 44.0 Å². The second-order valence-electron chi connectivity index (χ2n) is 4.88. The molecule has 2 aromatic rings. The number of hydrogen-bond donors (Lipinski definition) is 0. The van der Waals surface area contributed by atoms with Crippen LogP contribution < -0.4 is 4.90 Å². The van der Waals surface area contributed by atoms with Crippen molar-refractivity contribution in [1.82, 2.24) is 0 Å². The average Bonchev–Trinajstić information content (AvgIpc) is 2.84. The Hall–Kier alpha value is -0.780. The predicted octanol–water partition coefficient (Wildman–Crippen LogP) is 5.30. The maximum atomic E-state index is 12.3. The molecule has 21 heavy (non-hydrogen) atoms. The van der Waals surface area contributed by atoms with Gasteiger partial charge in [0.1, 0.15) is 5.37 Å². The molecule has 3 rings (SSSR count). The van der Waals surface area contributed by atoms with Gasteiger partial charge in [0.05, 0.1) is 5.75 Å². The molecular weight excluding hydrogens is 414 g/mol. The summed E-state index contributed by atoms with van der Waals surface area (Å²) in [5.74, 6) is 0.670. The van der Waals surface area contributed by atoms with Crippen molar-refractivity contribution in [3.8, 4) is 0 Å². The first-order valence-electron chi connectivity index (χ1n) is 6.52. The maximum absolute atomic E-state index is 12.3. The number of amides is 1. The predicted molar refractivity (Wildman–Crippen MR) is 95.7 cm³/mol. The zero-order valence-corrected chi connectivity index (χ0v) is 15.3. The quantitative estimate of drug-likeness (QED) is 0.649. The molecule has 1 amide bonds. The standard InChI is InChI=1S/C16H13Br2NOS/c1-10-8-11(6-7-13(10)17)19-15(20)9-21-16(19)12-4-2-3-5-14(12)18/h2-8,16H,9H2,1H3/t16-/m0/s1. The van der Waals surface area contributed by atoms with Gasteiger partial charge in [0.2, 0.25) is 5.91 Å². The third-order valence-electron chi connectivity index (χ3n) is 3.46. The normalized spacial score (nSPS) is 18.3. The van der Waals surface area contributed by atoms with Gasteiger partial charge in [-0.05, 0) is 42.3 Å². The molecule has 2 nitrogen and oxygen atoms in total. The van der Waals surface area contributed by atoms with Crippen LogP contribution in [-0.2, 0) is 4.79 Å². The van der Waals surface area contributed by atoms with Gasteiger partial charge in [-0.15, -0.1) is 11.8 Å². The molecule has 0 saturated carbocycles. The van der Waals surface area contributed by atoms with Crippen molar-refractivity contribution in [2.45, 2.75) is 12.3 Å². The molecule has 0 spiro atoms. The van der Waals surface area contributed by atoms with E-state index in [0.29, 0.717) is 5.75 Å². The van der Waals surface area contributed by atoms with Gasteiger partial charge in [-0.1, -0.05) is 50.1 Å². The molecule has 1 atom stereocenters. The van der Waals surface area contributed by atoms with Crippen LogP contribution in [0.3, 0.4) is 0 Å². The van der Waals surface area contributed by atoms with Gasteiger partial charge in [-0.3, -0.25) is 9.69 Å². The number of benzene rings is 2. The van der Waals surface area contributed by atoms with Crippen molar-refractivity contribution in [3.05, 3.63) is 62.5 Å².